The molecule has 1 amide bonds. The van der Waals surface area contributed by atoms with Crippen LogP contribution in [0, 0.1) is 0 Å². The van der Waals surface area contributed by atoms with E-state index in [4.69, 9.17) is 5.11 Å². The van der Waals surface area contributed by atoms with Gasteiger partial charge in [-0.25, -0.2) is 9.78 Å². The lowest BCUT2D eigenvalue weighted by Crippen LogP contribution is -2.26. The number of thiazole rings is 1. The summed E-state index contributed by atoms with van der Waals surface area (Å²) < 4.78 is 0. The third-order valence-electron chi connectivity index (χ3n) is 2.06. The smallest absolute Gasteiger partial charge is 0.355 e. The molecule has 92 valence electrons. The number of amides is 1. The molecule has 0 spiro atoms. The fourth-order valence-electron chi connectivity index (χ4n) is 1.19. The zero-order valence-corrected chi connectivity index (χ0v) is 10.3. The van der Waals surface area contributed by atoms with Crippen molar-refractivity contribution in [2.24, 2.45) is 0 Å². The second-order valence-electron chi connectivity index (χ2n) is 3.49. The van der Waals surface area contributed by atoms with Gasteiger partial charge in [-0.15, -0.1) is 17.9 Å². The van der Waals surface area contributed by atoms with E-state index in [-0.39, 0.29) is 17.6 Å². The number of nitrogens with one attached hydrogen (secondary N) is 1. The summed E-state index contributed by atoms with van der Waals surface area (Å²) in [5, 5.41) is 13.5. The largest absolute Gasteiger partial charge is 0.476 e. The highest BCUT2D eigenvalue weighted by Gasteiger charge is 2.15. The number of aromatic nitrogens is 1. The standard InChI is InChI=1S/C11H14N2O3S/c1-3-4-5-9(14)12-7(2)10-13-8(6-17-10)11(15)16/h3,6-7H,1,4-5H2,2H3,(H,12,14)(H,15,16). The van der Waals surface area contributed by atoms with E-state index < -0.39 is 5.97 Å². The van der Waals surface area contributed by atoms with E-state index in [1.807, 2.05) is 0 Å². The lowest BCUT2D eigenvalue weighted by Gasteiger charge is -2.10. The predicted molar refractivity (Wildman–Crippen MR) is 65.1 cm³/mol. The van der Waals surface area contributed by atoms with Gasteiger partial charge in [0.1, 0.15) is 5.01 Å². The average molecular weight is 254 g/mol. The molecule has 6 heteroatoms. The molecule has 0 aromatic carbocycles. The van der Waals surface area contributed by atoms with Crippen LogP contribution in [0.15, 0.2) is 18.0 Å². The molecule has 1 rings (SSSR count). The number of carboxylic acid groups (broad SMARTS) is 1. The minimum Gasteiger partial charge on any atom is -0.476 e. The van der Waals surface area contributed by atoms with Crippen molar-refractivity contribution in [3.63, 3.8) is 0 Å². The molecule has 1 aromatic heterocycles. The first-order valence-corrected chi connectivity index (χ1v) is 6.01. The van der Waals surface area contributed by atoms with Crippen molar-refractivity contribution in [1.82, 2.24) is 10.3 Å². The molecule has 1 heterocycles. The molecular weight excluding hydrogens is 240 g/mol. The average Bonchev–Trinajstić information content (AvgIpc) is 2.75. The first kappa shape index (κ1) is 13.4. The van der Waals surface area contributed by atoms with Crippen molar-refractivity contribution in [2.45, 2.75) is 25.8 Å². The Hall–Kier alpha value is -1.69. The Morgan fingerprint density at radius 1 is 1.71 bits per heavy atom. The van der Waals surface area contributed by atoms with Gasteiger partial charge in [-0.3, -0.25) is 4.79 Å². The third-order valence-corrected chi connectivity index (χ3v) is 3.09. The third kappa shape index (κ3) is 3.99. The Bertz CT molecular complexity index is 428. The van der Waals surface area contributed by atoms with Crippen LogP contribution in [0.3, 0.4) is 0 Å². The van der Waals surface area contributed by atoms with Gasteiger partial charge < -0.3 is 10.4 Å². The minimum atomic E-state index is -1.06. The number of nitrogens with zero attached hydrogens (tertiary/aromatic N) is 1. The maximum Gasteiger partial charge on any atom is 0.355 e. The fraction of sp³-hybridized carbons (Fsp3) is 0.364. The van der Waals surface area contributed by atoms with Crippen LogP contribution in [0.5, 0.6) is 0 Å². The molecule has 0 aliphatic heterocycles. The fourth-order valence-corrected chi connectivity index (χ4v) is 1.99. The van der Waals surface area contributed by atoms with E-state index in [2.05, 4.69) is 16.9 Å². The van der Waals surface area contributed by atoms with Gasteiger partial charge in [0.05, 0.1) is 6.04 Å². The van der Waals surface area contributed by atoms with Crippen LogP contribution >= 0.6 is 11.3 Å². The van der Waals surface area contributed by atoms with Crippen LogP contribution in [0.1, 0.15) is 41.3 Å². The zero-order valence-electron chi connectivity index (χ0n) is 9.47. The maximum atomic E-state index is 11.4. The van der Waals surface area contributed by atoms with Gasteiger partial charge >= 0.3 is 5.97 Å². The molecule has 0 aliphatic rings. The molecule has 0 fully saturated rings. The molecule has 2 N–H and O–H groups in total. The summed E-state index contributed by atoms with van der Waals surface area (Å²) in [5.41, 5.74) is 0.0113. The molecule has 1 atom stereocenters. The number of rotatable bonds is 6. The molecule has 0 aliphatic carbocycles. The van der Waals surface area contributed by atoms with E-state index in [0.29, 0.717) is 17.8 Å². The van der Waals surface area contributed by atoms with E-state index in [1.54, 1.807) is 13.0 Å². The van der Waals surface area contributed by atoms with E-state index in [0.717, 1.165) is 0 Å². The number of carboxylic acids is 1. The molecule has 17 heavy (non-hydrogen) atoms. The van der Waals surface area contributed by atoms with Crippen molar-refractivity contribution >= 4 is 23.2 Å². The highest BCUT2D eigenvalue weighted by molar-refractivity contribution is 7.09. The highest BCUT2D eigenvalue weighted by Crippen LogP contribution is 2.18. The van der Waals surface area contributed by atoms with Crippen LogP contribution < -0.4 is 5.32 Å². The Kier molecular flexibility index (Phi) is 4.84. The summed E-state index contributed by atoms with van der Waals surface area (Å²) in [6, 6.07) is -0.273. The highest BCUT2D eigenvalue weighted by atomic mass is 32.1. The summed E-state index contributed by atoms with van der Waals surface area (Å²) >= 11 is 1.22. The monoisotopic (exact) mass is 254 g/mol. The molecule has 5 nitrogen and oxygen atoms in total. The van der Waals surface area contributed by atoms with Crippen LogP contribution in [0.2, 0.25) is 0 Å². The Morgan fingerprint density at radius 3 is 2.94 bits per heavy atom. The van der Waals surface area contributed by atoms with Crippen molar-refractivity contribution in [1.29, 1.82) is 0 Å². The van der Waals surface area contributed by atoms with Crippen molar-refractivity contribution in [2.75, 3.05) is 0 Å². The number of allylic oxidation sites excluding steroid dienone is 1. The number of carbonyl (C=O) groups is 2. The molecule has 0 radical (unpaired) electrons. The summed E-state index contributed by atoms with van der Waals surface area (Å²) in [6.07, 6.45) is 2.68. The van der Waals surface area contributed by atoms with Gasteiger partial charge in [-0.1, -0.05) is 6.08 Å². The zero-order chi connectivity index (χ0) is 12.8. The van der Waals surface area contributed by atoms with Gasteiger partial charge in [-0.2, -0.15) is 0 Å². The molecular formula is C11H14N2O3S. The van der Waals surface area contributed by atoms with Crippen LogP contribution in [-0.4, -0.2) is 22.0 Å². The quantitative estimate of drug-likeness (QED) is 0.761. The summed E-state index contributed by atoms with van der Waals surface area (Å²) in [7, 11) is 0. The van der Waals surface area contributed by atoms with Gasteiger partial charge in [0.15, 0.2) is 5.69 Å². The number of hydrogen-bond acceptors (Lipinski definition) is 4. The topological polar surface area (TPSA) is 79.3 Å². The van der Waals surface area contributed by atoms with Gasteiger partial charge in [-0.05, 0) is 13.3 Å². The van der Waals surface area contributed by atoms with E-state index >= 15 is 0 Å². The van der Waals surface area contributed by atoms with Crippen molar-refractivity contribution in [3.05, 3.63) is 28.7 Å². The molecule has 0 saturated carbocycles. The van der Waals surface area contributed by atoms with Crippen LogP contribution in [0.25, 0.3) is 0 Å². The summed E-state index contributed by atoms with van der Waals surface area (Å²) in [4.78, 5) is 26.0. The van der Waals surface area contributed by atoms with Crippen LogP contribution in [0.4, 0.5) is 0 Å². The SMILES string of the molecule is C=CCCC(=O)NC(C)c1nc(C(=O)O)cs1. The molecule has 0 saturated heterocycles. The lowest BCUT2D eigenvalue weighted by molar-refractivity contribution is -0.121. The van der Waals surface area contributed by atoms with E-state index in [9.17, 15) is 9.59 Å². The Morgan fingerprint density at radius 2 is 2.41 bits per heavy atom. The van der Waals surface area contributed by atoms with Gasteiger partial charge in [0.2, 0.25) is 5.91 Å². The van der Waals surface area contributed by atoms with Gasteiger partial charge in [0, 0.05) is 11.8 Å². The second kappa shape index (κ2) is 6.15. The number of aromatic carboxylic acids is 1. The summed E-state index contributed by atoms with van der Waals surface area (Å²) in [6.45, 7) is 5.31. The normalized spacial score (nSPS) is 11.8. The minimum absolute atomic E-state index is 0.0113. The number of carbonyl (C=O) groups excluding carboxylic acids is 1. The Labute approximate surface area is 103 Å². The molecule has 1 unspecified atom stereocenters. The first-order valence-electron chi connectivity index (χ1n) is 5.13. The second-order valence-corrected chi connectivity index (χ2v) is 4.38. The lowest BCUT2D eigenvalue weighted by atomic mass is 10.2. The predicted octanol–water partition coefficient (Wildman–Crippen LogP) is 1.98. The van der Waals surface area contributed by atoms with E-state index in [1.165, 1.54) is 16.7 Å². The number of hydrogen-bond donors (Lipinski definition) is 2. The van der Waals surface area contributed by atoms with Crippen molar-refractivity contribution in [3.8, 4) is 0 Å². The van der Waals surface area contributed by atoms with Crippen LogP contribution in [-0.2, 0) is 4.79 Å². The molecule has 1 aromatic rings. The Balaban J connectivity index is 2.56. The maximum absolute atomic E-state index is 11.4. The summed E-state index contributed by atoms with van der Waals surface area (Å²) in [5.74, 6) is -1.15. The van der Waals surface area contributed by atoms with Crippen molar-refractivity contribution < 1.29 is 14.7 Å². The molecule has 0 bridgehead atoms. The van der Waals surface area contributed by atoms with Gasteiger partial charge in [0.25, 0.3) is 0 Å². The first-order chi connectivity index (χ1) is 8.04.